The zero-order chi connectivity index (χ0) is 15.7. The Balaban J connectivity index is 1.49. The van der Waals surface area contributed by atoms with Crippen LogP contribution < -0.4 is 5.32 Å². The average Bonchev–Trinajstić information content (AvgIpc) is 3.11. The molecule has 0 bridgehead atoms. The number of thiazole rings is 1. The monoisotopic (exact) mass is 330 g/mol. The van der Waals surface area contributed by atoms with Gasteiger partial charge in [-0.1, -0.05) is 31.0 Å². The van der Waals surface area contributed by atoms with Crippen molar-refractivity contribution in [2.24, 2.45) is 0 Å². The lowest BCUT2D eigenvalue weighted by atomic mass is 9.88. The topological polar surface area (TPSA) is 24.9 Å². The highest BCUT2D eigenvalue weighted by atomic mass is 32.1. The minimum atomic E-state index is -0.0722. The van der Waals surface area contributed by atoms with Crippen molar-refractivity contribution < 1.29 is 4.39 Å². The molecule has 2 fully saturated rings. The van der Waals surface area contributed by atoms with Crippen molar-refractivity contribution >= 4 is 11.3 Å². The summed E-state index contributed by atoms with van der Waals surface area (Å²) in [4.78, 5) is 5.94. The molecule has 1 aromatic heterocycles. The van der Waals surface area contributed by atoms with Crippen LogP contribution in [0.2, 0.25) is 0 Å². The lowest BCUT2D eigenvalue weighted by Crippen LogP contribution is -2.44. The maximum Gasteiger partial charge on any atom is 0.126 e. The van der Waals surface area contributed by atoms with E-state index >= 15 is 0 Å². The molecule has 4 heteroatoms. The molecule has 2 aliphatic rings. The number of aromatic nitrogens is 1. The van der Waals surface area contributed by atoms with Crippen molar-refractivity contribution in [3.63, 3.8) is 0 Å². The number of hydrogen-bond acceptors (Lipinski definition) is 3. The highest BCUT2D eigenvalue weighted by Crippen LogP contribution is 2.42. The van der Waals surface area contributed by atoms with Gasteiger partial charge in [0.1, 0.15) is 5.82 Å². The van der Waals surface area contributed by atoms with Gasteiger partial charge >= 0.3 is 0 Å². The fraction of sp³-hybridized carbons (Fsp3) is 0.526. The van der Waals surface area contributed by atoms with E-state index in [1.54, 1.807) is 23.5 Å². The van der Waals surface area contributed by atoms with Gasteiger partial charge in [-0.2, -0.15) is 0 Å². The molecule has 0 atom stereocenters. The van der Waals surface area contributed by atoms with Crippen molar-refractivity contribution in [2.45, 2.75) is 62.9 Å². The van der Waals surface area contributed by atoms with E-state index in [-0.39, 0.29) is 11.4 Å². The number of nitrogens with one attached hydrogen (secondary N) is 1. The van der Waals surface area contributed by atoms with Crippen LogP contribution in [-0.2, 0) is 13.0 Å². The summed E-state index contributed by atoms with van der Waals surface area (Å²) >= 11 is 1.76. The van der Waals surface area contributed by atoms with Gasteiger partial charge in [-0.05, 0) is 43.7 Å². The molecule has 0 spiro atoms. The van der Waals surface area contributed by atoms with Gasteiger partial charge in [0.2, 0.25) is 0 Å². The number of benzene rings is 1. The van der Waals surface area contributed by atoms with Gasteiger partial charge in [0.25, 0.3) is 0 Å². The first kappa shape index (κ1) is 15.3. The molecular formula is C19H23FN2S. The second-order valence-electron chi connectivity index (χ2n) is 7.04. The summed E-state index contributed by atoms with van der Waals surface area (Å²) in [6.45, 7) is 0.880. The lowest BCUT2D eigenvalue weighted by Gasteiger charge is -2.31. The van der Waals surface area contributed by atoms with Crippen LogP contribution in [0.25, 0.3) is 0 Å². The normalized spacial score (nSPS) is 20.0. The molecule has 2 nitrogen and oxygen atoms in total. The van der Waals surface area contributed by atoms with Crippen LogP contribution in [0, 0.1) is 5.82 Å². The number of nitrogens with zero attached hydrogens (tertiary/aromatic N) is 1. The Hall–Kier alpha value is -1.26. The third-order valence-corrected chi connectivity index (χ3v) is 6.16. The molecule has 1 aromatic carbocycles. The van der Waals surface area contributed by atoms with Gasteiger partial charge < -0.3 is 5.32 Å². The van der Waals surface area contributed by atoms with E-state index in [4.69, 9.17) is 0 Å². The number of hydrogen-bond donors (Lipinski definition) is 1. The lowest BCUT2D eigenvalue weighted by molar-refractivity contribution is 0.323. The fourth-order valence-corrected chi connectivity index (χ4v) is 4.63. The SMILES string of the molecule is Fc1ccccc1CC1(NCc2scnc2C2CC2)CCCC1. The zero-order valence-corrected chi connectivity index (χ0v) is 14.2. The Morgan fingerprint density at radius 2 is 2.00 bits per heavy atom. The molecule has 2 saturated carbocycles. The predicted molar refractivity (Wildman–Crippen MR) is 92.2 cm³/mol. The first-order valence-corrected chi connectivity index (χ1v) is 9.54. The standard InChI is InChI=1S/C19H23FN2S/c20-16-6-2-1-5-15(16)11-19(9-3-4-10-19)22-12-17-18(14-7-8-14)21-13-23-17/h1-2,5-6,13-14,22H,3-4,7-12H2. The zero-order valence-electron chi connectivity index (χ0n) is 13.4. The molecule has 4 rings (SSSR count). The molecule has 0 radical (unpaired) electrons. The molecule has 2 aromatic rings. The Labute approximate surface area is 141 Å². The van der Waals surface area contributed by atoms with E-state index in [0.717, 1.165) is 31.4 Å². The molecule has 1 N–H and O–H groups in total. The molecule has 23 heavy (non-hydrogen) atoms. The first-order valence-electron chi connectivity index (χ1n) is 8.66. The summed E-state index contributed by atoms with van der Waals surface area (Å²) in [5.41, 5.74) is 4.17. The molecule has 1 heterocycles. The Morgan fingerprint density at radius 3 is 2.74 bits per heavy atom. The highest BCUT2D eigenvalue weighted by Gasteiger charge is 2.35. The third kappa shape index (κ3) is 3.33. The summed E-state index contributed by atoms with van der Waals surface area (Å²) < 4.78 is 14.1. The highest BCUT2D eigenvalue weighted by molar-refractivity contribution is 7.09. The van der Waals surface area contributed by atoms with Crippen molar-refractivity contribution in [2.75, 3.05) is 0 Å². The maximum atomic E-state index is 14.1. The van der Waals surface area contributed by atoms with E-state index in [1.165, 1.54) is 36.3 Å². The summed E-state index contributed by atoms with van der Waals surface area (Å²) in [7, 11) is 0. The van der Waals surface area contributed by atoms with E-state index < -0.39 is 0 Å². The summed E-state index contributed by atoms with van der Waals surface area (Å²) in [5, 5.41) is 3.80. The van der Waals surface area contributed by atoms with Crippen molar-refractivity contribution in [3.05, 3.63) is 51.7 Å². The smallest absolute Gasteiger partial charge is 0.126 e. The summed E-state index contributed by atoms with van der Waals surface area (Å²) in [6, 6.07) is 7.22. The van der Waals surface area contributed by atoms with Crippen molar-refractivity contribution in [1.82, 2.24) is 10.3 Å². The average molecular weight is 330 g/mol. The molecule has 122 valence electrons. The summed E-state index contributed by atoms with van der Waals surface area (Å²) in [5.74, 6) is 0.626. The van der Waals surface area contributed by atoms with Crippen LogP contribution in [0.15, 0.2) is 29.8 Å². The van der Waals surface area contributed by atoms with Crippen LogP contribution in [0.3, 0.4) is 0 Å². The van der Waals surface area contributed by atoms with Gasteiger partial charge in [-0.25, -0.2) is 9.37 Å². The van der Waals surface area contributed by atoms with Crippen molar-refractivity contribution in [3.8, 4) is 0 Å². The van der Waals surface area contributed by atoms with Gasteiger partial charge in [0.05, 0.1) is 11.2 Å². The van der Waals surface area contributed by atoms with E-state index in [0.29, 0.717) is 5.92 Å². The largest absolute Gasteiger partial charge is 0.306 e. The second-order valence-corrected chi connectivity index (χ2v) is 7.98. The van der Waals surface area contributed by atoms with E-state index in [9.17, 15) is 4.39 Å². The molecule has 0 saturated heterocycles. The molecule has 0 aliphatic heterocycles. The Kier molecular flexibility index (Phi) is 4.20. The quantitative estimate of drug-likeness (QED) is 0.822. The molecule has 0 unspecified atom stereocenters. The minimum absolute atomic E-state index is 0.0486. The van der Waals surface area contributed by atoms with Crippen LogP contribution in [0.5, 0.6) is 0 Å². The Morgan fingerprint density at radius 1 is 1.22 bits per heavy atom. The van der Waals surface area contributed by atoms with Crippen LogP contribution in [0.4, 0.5) is 4.39 Å². The fourth-order valence-electron chi connectivity index (χ4n) is 3.84. The second kappa shape index (κ2) is 6.33. The van der Waals surface area contributed by atoms with Gasteiger partial charge in [-0.3, -0.25) is 0 Å². The van der Waals surface area contributed by atoms with Gasteiger partial charge in [0, 0.05) is 22.9 Å². The number of halogens is 1. The molecule has 0 amide bonds. The van der Waals surface area contributed by atoms with E-state index in [2.05, 4.69) is 10.3 Å². The van der Waals surface area contributed by atoms with Crippen molar-refractivity contribution in [1.29, 1.82) is 0 Å². The van der Waals surface area contributed by atoms with Crippen LogP contribution in [-0.4, -0.2) is 10.5 Å². The maximum absolute atomic E-state index is 14.1. The van der Waals surface area contributed by atoms with Gasteiger partial charge in [-0.15, -0.1) is 11.3 Å². The van der Waals surface area contributed by atoms with E-state index in [1.807, 2.05) is 17.6 Å². The molecular weight excluding hydrogens is 307 g/mol. The Bertz CT molecular complexity index is 672. The van der Waals surface area contributed by atoms with Gasteiger partial charge in [0.15, 0.2) is 0 Å². The predicted octanol–water partition coefficient (Wildman–Crippen LogP) is 4.80. The minimum Gasteiger partial charge on any atom is -0.306 e. The van der Waals surface area contributed by atoms with Crippen LogP contribution in [0.1, 0.15) is 60.6 Å². The summed E-state index contributed by atoms with van der Waals surface area (Å²) in [6.07, 6.45) is 8.11. The third-order valence-electron chi connectivity index (χ3n) is 5.31. The first-order chi connectivity index (χ1) is 11.3. The number of rotatable bonds is 6. The van der Waals surface area contributed by atoms with Crippen LogP contribution >= 0.6 is 11.3 Å². The molecule has 2 aliphatic carbocycles.